The van der Waals surface area contributed by atoms with Gasteiger partial charge in [0.1, 0.15) is 0 Å². The quantitative estimate of drug-likeness (QED) is 0.630. The Bertz CT molecular complexity index is 560. The van der Waals surface area contributed by atoms with Crippen LogP contribution in [0.4, 0.5) is 13.2 Å². The molecule has 8 heteroatoms. The van der Waals surface area contributed by atoms with Crippen LogP contribution in [0.25, 0.3) is 0 Å². The zero-order valence-electron chi connectivity index (χ0n) is 14.3. The van der Waals surface area contributed by atoms with Crippen LogP contribution in [0, 0.1) is 19.8 Å². The number of thiazole rings is 1. The van der Waals surface area contributed by atoms with Crippen LogP contribution < -0.4 is 10.6 Å². The van der Waals surface area contributed by atoms with Crippen molar-refractivity contribution in [1.82, 2.24) is 15.6 Å². The van der Waals surface area contributed by atoms with E-state index in [1.54, 1.807) is 11.3 Å². The lowest BCUT2D eigenvalue weighted by atomic mass is 9.85. The number of aryl methyl sites for hydroxylation is 2. The second kappa shape index (κ2) is 8.18. The van der Waals surface area contributed by atoms with Gasteiger partial charge in [-0.3, -0.25) is 0 Å². The Labute approximate surface area is 145 Å². The minimum atomic E-state index is -4.06. The summed E-state index contributed by atoms with van der Waals surface area (Å²) in [5.74, 6) is -0.490. The first-order valence-corrected chi connectivity index (χ1v) is 9.15. The minimum absolute atomic E-state index is 0.0469. The van der Waals surface area contributed by atoms with Crippen molar-refractivity contribution in [3.8, 4) is 0 Å². The van der Waals surface area contributed by atoms with Crippen LogP contribution in [0.5, 0.6) is 0 Å². The molecule has 4 nitrogen and oxygen atoms in total. The van der Waals surface area contributed by atoms with Gasteiger partial charge in [0.2, 0.25) is 0 Å². The fourth-order valence-corrected chi connectivity index (χ4v) is 3.81. The summed E-state index contributed by atoms with van der Waals surface area (Å²) in [5, 5.41) is 7.46. The van der Waals surface area contributed by atoms with Gasteiger partial charge >= 0.3 is 6.18 Å². The van der Waals surface area contributed by atoms with Crippen molar-refractivity contribution >= 4 is 17.3 Å². The molecule has 0 unspecified atom stereocenters. The number of aliphatic imine (C=N–C) groups is 1. The second-order valence-corrected chi connectivity index (χ2v) is 7.46. The van der Waals surface area contributed by atoms with Gasteiger partial charge in [-0.1, -0.05) is 0 Å². The molecule has 1 aliphatic rings. The van der Waals surface area contributed by atoms with Gasteiger partial charge in [-0.05, 0) is 46.5 Å². The Kier molecular flexibility index (Phi) is 6.48. The zero-order chi connectivity index (χ0) is 17.7. The van der Waals surface area contributed by atoms with Crippen molar-refractivity contribution in [3.63, 3.8) is 0 Å². The average molecular weight is 362 g/mol. The molecule has 1 aromatic heterocycles. The molecule has 0 aliphatic heterocycles. The molecule has 1 heterocycles. The highest BCUT2D eigenvalue weighted by Gasteiger charge is 2.41. The van der Waals surface area contributed by atoms with Gasteiger partial charge in [-0.25, -0.2) is 9.98 Å². The van der Waals surface area contributed by atoms with Gasteiger partial charge < -0.3 is 10.6 Å². The lowest BCUT2D eigenvalue weighted by molar-refractivity contribution is -0.182. The average Bonchev–Trinajstić information content (AvgIpc) is 2.82. The highest BCUT2D eigenvalue weighted by atomic mass is 32.1. The van der Waals surface area contributed by atoms with Crippen molar-refractivity contribution in [2.24, 2.45) is 10.9 Å². The van der Waals surface area contributed by atoms with E-state index in [0.29, 0.717) is 31.9 Å². The van der Waals surface area contributed by atoms with Gasteiger partial charge in [0.25, 0.3) is 0 Å². The molecule has 0 bridgehead atoms. The van der Waals surface area contributed by atoms with E-state index in [2.05, 4.69) is 20.6 Å². The number of aromatic nitrogens is 1. The molecule has 2 N–H and O–H groups in total. The molecule has 1 saturated carbocycles. The molecule has 0 radical (unpaired) electrons. The summed E-state index contributed by atoms with van der Waals surface area (Å²) >= 11 is 1.62. The largest absolute Gasteiger partial charge is 0.391 e. The first-order chi connectivity index (χ1) is 11.3. The summed E-state index contributed by atoms with van der Waals surface area (Å²) in [7, 11) is 0. The van der Waals surface area contributed by atoms with Crippen LogP contribution in [0.3, 0.4) is 0 Å². The molecule has 0 saturated heterocycles. The molecule has 1 aliphatic carbocycles. The third-order valence-corrected chi connectivity index (χ3v) is 5.31. The van der Waals surface area contributed by atoms with E-state index < -0.39 is 12.1 Å². The summed E-state index contributed by atoms with van der Waals surface area (Å²) < 4.78 is 38.2. The van der Waals surface area contributed by atoms with E-state index in [-0.39, 0.29) is 18.9 Å². The molecule has 1 aromatic rings. The maximum absolute atomic E-state index is 12.7. The lowest BCUT2D eigenvalue weighted by Crippen LogP contribution is -2.45. The van der Waals surface area contributed by atoms with Crippen LogP contribution >= 0.6 is 11.3 Å². The fraction of sp³-hybridized carbons (Fsp3) is 0.750. The number of halogens is 3. The highest BCUT2D eigenvalue weighted by molar-refractivity contribution is 7.11. The summed E-state index contributed by atoms with van der Waals surface area (Å²) in [6.07, 6.45) is -2.65. The molecule has 0 spiro atoms. The predicted molar refractivity (Wildman–Crippen MR) is 91.3 cm³/mol. The monoisotopic (exact) mass is 362 g/mol. The second-order valence-electron chi connectivity index (χ2n) is 6.17. The first kappa shape index (κ1) is 19.0. The Morgan fingerprint density at radius 2 is 1.92 bits per heavy atom. The first-order valence-electron chi connectivity index (χ1n) is 8.34. The van der Waals surface area contributed by atoms with Crippen LogP contribution in [-0.4, -0.2) is 29.7 Å². The Morgan fingerprint density at radius 1 is 1.25 bits per heavy atom. The van der Waals surface area contributed by atoms with Crippen LogP contribution in [0.2, 0.25) is 0 Å². The van der Waals surface area contributed by atoms with Crippen molar-refractivity contribution in [3.05, 3.63) is 15.6 Å². The molecule has 24 heavy (non-hydrogen) atoms. The molecule has 2 rings (SSSR count). The zero-order valence-corrected chi connectivity index (χ0v) is 15.2. The van der Waals surface area contributed by atoms with Crippen LogP contribution in [0.1, 0.15) is 48.2 Å². The van der Waals surface area contributed by atoms with Gasteiger partial charge in [0, 0.05) is 17.5 Å². The van der Waals surface area contributed by atoms with Gasteiger partial charge in [-0.15, -0.1) is 11.3 Å². The molecule has 0 amide bonds. The van der Waals surface area contributed by atoms with Crippen LogP contribution in [0.15, 0.2) is 4.99 Å². The van der Waals surface area contributed by atoms with Gasteiger partial charge in [-0.2, -0.15) is 13.2 Å². The van der Waals surface area contributed by atoms with Crippen molar-refractivity contribution in [2.75, 3.05) is 6.54 Å². The fourth-order valence-electron chi connectivity index (χ4n) is 2.95. The van der Waals surface area contributed by atoms with E-state index in [0.717, 1.165) is 15.6 Å². The summed E-state index contributed by atoms with van der Waals surface area (Å²) in [5.41, 5.74) is 0.989. The number of hydrogen-bond donors (Lipinski definition) is 2. The number of nitrogens with one attached hydrogen (secondary N) is 2. The molecule has 1 fully saturated rings. The standard InChI is InChI=1S/C16H25F3N4S/c1-4-20-15(21-9-14-10(2)22-11(3)24-14)23-13-7-5-12(6-8-13)16(17,18)19/h12-13H,4-9H2,1-3H3,(H2,20,21,23). The summed E-state index contributed by atoms with van der Waals surface area (Å²) in [6, 6.07) is 0.0469. The number of rotatable bonds is 4. The summed E-state index contributed by atoms with van der Waals surface area (Å²) in [4.78, 5) is 10.1. The van der Waals surface area contributed by atoms with Gasteiger partial charge in [0.15, 0.2) is 5.96 Å². The molecule has 136 valence electrons. The molecule has 0 atom stereocenters. The smallest absolute Gasteiger partial charge is 0.357 e. The van der Waals surface area contributed by atoms with Crippen molar-refractivity contribution in [2.45, 2.75) is 65.2 Å². The van der Waals surface area contributed by atoms with Crippen molar-refractivity contribution in [1.29, 1.82) is 0 Å². The topological polar surface area (TPSA) is 49.3 Å². The van der Waals surface area contributed by atoms with E-state index in [9.17, 15) is 13.2 Å². The normalized spacial score (nSPS) is 22.5. The Hall–Kier alpha value is -1.31. The number of hydrogen-bond acceptors (Lipinski definition) is 3. The SMILES string of the molecule is CCNC(=NCc1sc(C)nc1C)NC1CCC(C(F)(F)F)CC1. The minimum Gasteiger partial charge on any atom is -0.357 e. The highest BCUT2D eigenvalue weighted by Crippen LogP contribution is 2.37. The van der Waals surface area contributed by atoms with E-state index in [1.807, 2.05) is 20.8 Å². The predicted octanol–water partition coefficient (Wildman–Crippen LogP) is 3.94. The summed E-state index contributed by atoms with van der Waals surface area (Å²) in [6.45, 7) is 7.15. The Morgan fingerprint density at radius 3 is 2.42 bits per heavy atom. The van der Waals surface area contributed by atoms with Crippen LogP contribution in [-0.2, 0) is 6.54 Å². The van der Waals surface area contributed by atoms with Crippen molar-refractivity contribution < 1.29 is 13.2 Å². The molecule has 0 aromatic carbocycles. The third-order valence-electron chi connectivity index (χ3n) is 4.26. The Balaban J connectivity index is 1.92. The molecular formula is C16H25F3N4S. The van der Waals surface area contributed by atoms with E-state index in [1.165, 1.54) is 0 Å². The third kappa shape index (κ3) is 5.36. The number of guanidine groups is 1. The maximum Gasteiger partial charge on any atom is 0.391 e. The number of nitrogens with zero attached hydrogens (tertiary/aromatic N) is 2. The van der Waals surface area contributed by atoms with E-state index >= 15 is 0 Å². The lowest BCUT2D eigenvalue weighted by Gasteiger charge is -2.31. The van der Waals surface area contributed by atoms with Gasteiger partial charge in [0.05, 0.1) is 23.2 Å². The van der Waals surface area contributed by atoms with E-state index in [4.69, 9.17) is 0 Å². The molecular weight excluding hydrogens is 337 g/mol. The maximum atomic E-state index is 12.7. The number of alkyl halides is 3.